The molecule has 1 aromatic rings. The molecule has 2 nitrogen and oxygen atoms in total. The van der Waals surface area contributed by atoms with Gasteiger partial charge in [-0.1, -0.05) is 15.9 Å². The van der Waals surface area contributed by atoms with Gasteiger partial charge in [-0.05, 0) is 37.1 Å². The first kappa shape index (κ1) is 11.9. The van der Waals surface area contributed by atoms with Crippen molar-refractivity contribution in [2.24, 2.45) is 0 Å². The normalized spacial score (nSPS) is 20.6. The summed E-state index contributed by atoms with van der Waals surface area (Å²) < 4.78 is 1.07. The van der Waals surface area contributed by atoms with E-state index in [0.717, 1.165) is 21.3 Å². The van der Waals surface area contributed by atoms with E-state index in [1.165, 1.54) is 0 Å². The molecule has 0 aromatic heterocycles. The second-order valence-corrected chi connectivity index (χ2v) is 5.67. The van der Waals surface area contributed by atoms with Crippen LogP contribution >= 0.6 is 27.5 Å². The lowest BCUT2D eigenvalue weighted by molar-refractivity contribution is -0.117. The molecule has 0 bridgehead atoms. The predicted octanol–water partition coefficient (Wildman–Crippen LogP) is 3.41. The summed E-state index contributed by atoms with van der Waals surface area (Å²) in [7, 11) is 0. The number of carbonyl (C=O) groups is 1. The molecule has 4 heteroatoms. The highest BCUT2D eigenvalue weighted by Crippen LogP contribution is 2.31. The van der Waals surface area contributed by atoms with Crippen LogP contribution in [0.3, 0.4) is 0 Å². The average molecular weight is 303 g/mol. The fourth-order valence-corrected chi connectivity index (χ4v) is 2.68. The van der Waals surface area contributed by atoms with Crippen molar-refractivity contribution in [2.75, 3.05) is 11.4 Å². The van der Waals surface area contributed by atoms with Crippen molar-refractivity contribution in [3.05, 3.63) is 27.7 Å². The molecule has 1 aromatic carbocycles. The van der Waals surface area contributed by atoms with Gasteiger partial charge in [-0.15, -0.1) is 11.6 Å². The van der Waals surface area contributed by atoms with Crippen LogP contribution in [0, 0.1) is 13.8 Å². The molecule has 0 saturated carbocycles. The Morgan fingerprint density at radius 1 is 1.38 bits per heavy atom. The molecule has 0 N–H and O–H groups in total. The van der Waals surface area contributed by atoms with Crippen LogP contribution in [0.15, 0.2) is 16.6 Å². The Labute approximate surface area is 109 Å². The minimum absolute atomic E-state index is 0.0594. The number of anilines is 1. The van der Waals surface area contributed by atoms with E-state index < -0.39 is 0 Å². The number of aryl methyl sites for hydroxylation is 2. The topological polar surface area (TPSA) is 20.3 Å². The highest BCUT2D eigenvalue weighted by molar-refractivity contribution is 9.10. The molecule has 16 heavy (non-hydrogen) atoms. The Hall–Kier alpha value is -0.540. The Balaban J connectivity index is 2.41. The zero-order valence-electron chi connectivity index (χ0n) is 9.26. The Bertz CT molecular complexity index is 447. The van der Waals surface area contributed by atoms with Crippen molar-refractivity contribution in [1.82, 2.24) is 0 Å². The summed E-state index contributed by atoms with van der Waals surface area (Å²) in [5.41, 5.74) is 3.21. The third-order valence-corrected chi connectivity index (χ3v) is 3.99. The van der Waals surface area contributed by atoms with Crippen LogP contribution in [0.4, 0.5) is 5.69 Å². The van der Waals surface area contributed by atoms with E-state index in [2.05, 4.69) is 15.9 Å². The van der Waals surface area contributed by atoms with E-state index in [4.69, 9.17) is 11.6 Å². The number of benzene rings is 1. The van der Waals surface area contributed by atoms with Gasteiger partial charge in [0.25, 0.3) is 0 Å². The van der Waals surface area contributed by atoms with Crippen LogP contribution in [0.5, 0.6) is 0 Å². The molecule has 1 amide bonds. The van der Waals surface area contributed by atoms with E-state index >= 15 is 0 Å². The molecule has 1 saturated heterocycles. The lowest BCUT2D eigenvalue weighted by atomic mass is 10.1. The van der Waals surface area contributed by atoms with Gasteiger partial charge in [-0.3, -0.25) is 4.79 Å². The summed E-state index contributed by atoms with van der Waals surface area (Å²) in [5, 5.41) is -0.0594. The number of rotatable bonds is 1. The van der Waals surface area contributed by atoms with Crippen LogP contribution < -0.4 is 4.90 Å². The lowest BCUT2D eigenvalue weighted by Gasteiger charge is -2.19. The third kappa shape index (κ3) is 2.11. The number of nitrogens with zero attached hydrogens (tertiary/aromatic N) is 1. The smallest absolute Gasteiger partial charge is 0.228 e. The molecule has 1 fully saturated rings. The van der Waals surface area contributed by atoms with E-state index in [0.29, 0.717) is 13.0 Å². The molecule has 86 valence electrons. The summed E-state index contributed by atoms with van der Waals surface area (Å²) >= 11 is 9.49. The van der Waals surface area contributed by atoms with Crippen LogP contribution in [-0.2, 0) is 4.79 Å². The quantitative estimate of drug-likeness (QED) is 0.728. The monoisotopic (exact) mass is 301 g/mol. The number of amides is 1. The van der Waals surface area contributed by atoms with Gasteiger partial charge in [0.1, 0.15) is 0 Å². The SMILES string of the molecule is Cc1cc(N2CC(Cl)CC2=O)c(C)cc1Br. The van der Waals surface area contributed by atoms with Crippen molar-refractivity contribution in [3.8, 4) is 0 Å². The number of alkyl halides is 1. The van der Waals surface area contributed by atoms with Gasteiger partial charge in [0.05, 0.1) is 5.38 Å². The van der Waals surface area contributed by atoms with E-state index in [9.17, 15) is 4.79 Å². The first-order valence-corrected chi connectivity index (χ1v) is 6.43. The second kappa shape index (κ2) is 4.38. The van der Waals surface area contributed by atoms with Gasteiger partial charge in [0, 0.05) is 23.1 Å². The molecule has 1 atom stereocenters. The van der Waals surface area contributed by atoms with Crippen molar-refractivity contribution < 1.29 is 4.79 Å². The summed E-state index contributed by atoms with van der Waals surface area (Å²) in [6.07, 6.45) is 0.441. The summed E-state index contributed by atoms with van der Waals surface area (Å²) in [6, 6.07) is 4.08. The van der Waals surface area contributed by atoms with Crippen LogP contribution in [0.25, 0.3) is 0 Å². The molecule has 0 radical (unpaired) electrons. The number of carbonyl (C=O) groups excluding carboxylic acids is 1. The number of hydrogen-bond donors (Lipinski definition) is 0. The summed E-state index contributed by atoms with van der Waals surface area (Å²) in [4.78, 5) is 13.5. The van der Waals surface area contributed by atoms with Gasteiger partial charge in [-0.25, -0.2) is 0 Å². The molecular formula is C12H13BrClNO. The maximum absolute atomic E-state index is 11.8. The van der Waals surface area contributed by atoms with Gasteiger partial charge < -0.3 is 4.90 Å². The first-order valence-electron chi connectivity index (χ1n) is 5.20. The Morgan fingerprint density at radius 2 is 2.06 bits per heavy atom. The zero-order valence-corrected chi connectivity index (χ0v) is 11.6. The predicted molar refractivity (Wildman–Crippen MR) is 70.2 cm³/mol. The minimum Gasteiger partial charge on any atom is -0.311 e. The zero-order chi connectivity index (χ0) is 11.9. The van der Waals surface area contributed by atoms with Crippen molar-refractivity contribution in [3.63, 3.8) is 0 Å². The van der Waals surface area contributed by atoms with Gasteiger partial charge in [-0.2, -0.15) is 0 Å². The van der Waals surface area contributed by atoms with Gasteiger partial charge >= 0.3 is 0 Å². The lowest BCUT2D eigenvalue weighted by Crippen LogP contribution is -2.25. The maximum atomic E-state index is 11.8. The van der Waals surface area contributed by atoms with E-state index in [1.807, 2.05) is 26.0 Å². The fraction of sp³-hybridized carbons (Fsp3) is 0.417. The van der Waals surface area contributed by atoms with Crippen LogP contribution in [-0.4, -0.2) is 17.8 Å². The van der Waals surface area contributed by atoms with Gasteiger partial charge in [0.2, 0.25) is 5.91 Å². The van der Waals surface area contributed by atoms with Gasteiger partial charge in [0.15, 0.2) is 0 Å². The molecular weight excluding hydrogens is 289 g/mol. The van der Waals surface area contributed by atoms with Crippen molar-refractivity contribution in [1.29, 1.82) is 0 Å². The number of halogens is 2. The molecule has 0 spiro atoms. The highest BCUT2D eigenvalue weighted by Gasteiger charge is 2.30. The summed E-state index contributed by atoms with van der Waals surface area (Å²) in [6.45, 7) is 4.64. The van der Waals surface area contributed by atoms with E-state index in [-0.39, 0.29) is 11.3 Å². The molecule has 1 unspecified atom stereocenters. The van der Waals surface area contributed by atoms with Crippen LogP contribution in [0.1, 0.15) is 17.5 Å². The molecule has 0 aliphatic carbocycles. The van der Waals surface area contributed by atoms with Crippen LogP contribution in [0.2, 0.25) is 0 Å². The highest BCUT2D eigenvalue weighted by atomic mass is 79.9. The Kier molecular flexibility index (Phi) is 3.27. The largest absolute Gasteiger partial charge is 0.311 e. The molecule has 2 rings (SSSR count). The van der Waals surface area contributed by atoms with E-state index in [1.54, 1.807) is 4.90 Å². The fourth-order valence-electron chi connectivity index (χ4n) is 1.95. The second-order valence-electron chi connectivity index (χ2n) is 4.19. The maximum Gasteiger partial charge on any atom is 0.228 e. The summed E-state index contributed by atoms with van der Waals surface area (Å²) in [5.74, 6) is 0.116. The minimum atomic E-state index is -0.0594. The number of hydrogen-bond acceptors (Lipinski definition) is 1. The van der Waals surface area contributed by atoms with Crippen molar-refractivity contribution in [2.45, 2.75) is 25.6 Å². The molecule has 1 heterocycles. The standard InChI is InChI=1S/C12H13BrClNO/c1-7-4-11(8(2)3-10(7)13)15-6-9(14)5-12(15)16/h3-4,9H,5-6H2,1-2H3. The Morgan fingerprint density at radius 3 is 2.62 bits per heavy atom. The average Bonchev–Trinajstić information content (AvgIpc) is 2.51. The molecule has 1 aliphatic rings. The first-order chi connectivity index (χ1) is 7.49. The molecule has 1 aliphatic heterocycles. The van der Waals surface area contributed by atoms with Crippen molar-refractivity contribution >= 4 is 39.1 Å². The third-order valence-electron chi connectivity index (χ3n) is 2.85.